The monoisotopic (exact) mass is 491 g/mol. The highest BCUT2D eigenvalue weighted by Crippen LogP contribution is 2.20. The number of hydrogen-bond acceptors (Lipinski definition) is 7. The minimum atomic E-state index is -3.78. The van der Waals surface area contributed by atoms with Crippen LogP contribution in [0.25, 0.3) is 0 Å². The Morgan fingerprint density at radius 3 is 2.39 bits per heavy atom. The Labute approximate surface area is 201 Å². The average Bonchev–Trinajstić information content (AvgIpc) is 2.81. The van der Waals surface area contributed by atoms with Gasteiger partial charge < -0.3 is 9.80 Å². The van der Waals surface area contributed by atoms with Crippen LogP contribution in [0.15, 0.2) is 41.3 Å². The summed E-state index contributed by atoms with van der Waals surface area (Å²) in [7, 11) is -3.78. The number of rotatable bonds is 9. The van der Waals surface area contributed by atoms with E-state index < -0.39 is 16.1 Å². The number of carbonyl (C=O) groups is 1. The van der Waals surface area contributed by atoms with Gasteiger partial charge in [0.2, 0.25) is 15.9 Å². The van der Waals surface area contributed by atoms with Gasteiger partial charge in [0.15, 0.2) is 0 Å². The van der Waals surface area contributed by atoms with Crippen LogP contribution in [-0.2, 0) is 14.8 Å². The van der Waals surface area contributed by atoms with Crippen molar-refractivity contribution in [1.29, 1.82) is 0 Å². The second-order valence-corrected chi connectivity index (χ2v) is 11.2. The molecule has 10 heteroatoms. The topological polar surface area (TPSA) is 95.5 Å². The molecule has 1 fully saturated rings. The molecule has 1 aliphatic rings. The summed E-state index contributed by atoms with van der Waals surface area (Å²) in [5, 5.41) is 0. The molecule has 1 atom stereocenters. The molecule has 1 saturated heterocycles. The van der Waals surface area contributed by atoms with E-state index in [4.69, 9.17) is 4.98 Å². The molecule has 0 bridgehead atoms. The van der Waals surface area contributed by atoms with E-state index in [1.165, 1.54) is 12.1 Å². The van der Waals surface area contributed by atoms with Crippen LogP contribution in [0.2, 0.25) is 0 Å². The fourth-order valence-corrected chi connectivity index (χ4v) is 5.41. The molecular weight excluding hydrogens is 458 g/mol. The molecule has 1 aromatic carbocycles. The zero-order valence-corrected chi connectivity index (χ0v) is 21.3. The van der Waals surface area contributed by atoms with Gasteiger partial charge in [-0.15, -0.1) is 0 Å². The lowest BCUT2D eigenvalue weighted by Crippen LogP contribution is -2.55. The number of hydrogen-bond donors (Lipinski definition) is 1. The maximum absolute atomic E-state index is 13.3. The van der Waals surface area contributed by atoms with Crippen LogP contribution in [0, 0.1) is 6.92 Å². The second kappa shape index (κ2) is 11.3. The lowest BCUT2D eigenvalue weighted by molar-refractivity contribution is -0.133. The Hall–Kier alpha value is -2.17. The number of amides is 1. The average molecular weight is 492 g/mol. The van der Waals surface area contributed by atoms with Crippen molar-refractivity contribution in [2.45, 2.75) is 44.0 Å². The molecule has 0 radical (unpaired) electrons. The molecule has 2 heterocycles. The minimum Gasteiger partial charge on any atom is -0.353 e. The fraction of sp³-hybridized carbons (Fsp3) is 0.522. The third-order valence-corrected chi connectivity index (χ3v) is 7.68. The zero-order chi connectivity index (χ0) is 24.0. The standard InChI is InChI=1S/C23H33N5O3S2/c1-17(2)22-24-18(3)16-21(25-22)27-11-13-28(14-12-27)23(29)20(10-15-32-4)26-33(30,31)19-8-6-5-7-9-19/h5-9,16-17,20,26H,10-15H2,1-4H3. The third kappa shape index (κ3) is 6.68. The number of aromatic nitrogens is 2. The fourth-order valence-electron chi connectivity index (χ4n) is 3.69. The predicted molar refractivity (Wildman–Crippen MR) is 133 cm³/mol. The minimum absolute atomic E-state index is 0.164. The van der Waals surface area contributed by atoms with E-state index in [9.17, 15) is 13.2 Å². The first-order valence-electron chi connectivity index (χ1n) is 11.2. The zero-order valence-electron chi connectivity index (χ0n) is 19.7. The van der Waals surface area contributed by atoms with Crippen molar-refractivity contribution in [1.82, 2.24) is 19.6 Å². The number of thioether (sulfide) groups is 1. The Bertz CT molecular complexity index is 1040. The Balaban J connectivity index is 1.69. The van der Waals surface area contributed by atoms with Crippen molar-refractivity contribution in [2.24, 2.45) is 0 Å². The molecule has 1 aliphatic heterocycles. The van der Waals surface area contributed by atoms with E-state index in [0.717, 1.165) is 17.3 Å². The van der Waals surface area contributed by atoms with Crippen molar-refractivity contribution >= 4 is 33.5 Å². The third-order valence-electron chi connectivity index (χ3n) is 5.55. The van der Waals surface area contributed by atoms with Crippen LogP contribution in [0.1, 0.15) is 37.7 Å². The molecule has 1 aromatic heterocycles. The van der Waals surface area contributed by atoms with Gasteiger partial charge in [-0.2, -0.15) is 16.5 Å². The van der Waals surface area contributed by atoms with Gasteiger partial charge in [-0.3, -0.25) is 4.79 Å². The Morgan fingerprint density at radius 2 is 1.79 bits per heavy atom. The van der Waals surface area contributed by atoms with Crippen LogP contribution in [-0.4, -0.2) is 73.4 Å². The summed E-state index contributed by atoms with van der Waals surface area (Å²) in [5.41, 5.74) is 0.926. The summed E-state index contributed by atoms with van der Waals surface area (Å²) in [6.07, 6.45) is 2.39. The summed E-state index contributed by atoms with van der Waals surface area (Å²) in [4.78, 5) is 26.6. The Morgan fingerprint density at radius 1 is 1.12 bits per heavy atom. The SMILES string of the molecule is CSCCC(NS(=O)(=O)c1ccccc1)C(=O)N1CCN(c2cc(C)nc(C(C)C)n2)CC1. The number of piperazine rings is 1. The van der Waals surface area contributed by atoms with Crippen LogP contribution < -0.4 is 9.62 Å². The quantitative estimate of drug-likeness (QED) is 0.576. The maximum Gasteiger partial charge on any atom is 0.241 e. The van der Waals surface area contributed by atoms with E-state index in [1.54, 1.807) is 34.9 Å². The molecule has 3 rings (SSSR count). The molecule has 1 N–H and O–H groups in total. The number of carbonyl (C=O) groups excluding carboxylic acids is 1. The smallest absolute Gasteiger partial charge is 0.241 e. The van der Waals surface area contributed by atoms with Crippen molar-refractivity contribution in [2.75, 3.05) is 43.1 Å². The van der Waals surface area contributed by atoms with E-state index in [-0.39, 0.29) is 16.7 Å². The maximum atomic E-state index is 13.3. The van der Waals surface area contributed by atoms with Crippen LogP contribution >= 0.6 is 11.8 Å². The highest BCUT2D eigenvalue weighted by atomic mass is 32.2. The van der Waals surface area contributed by atoms with Crippen molar-refractivity contribution in [3.63, 3.8) is 0 Å². The van der Waals surface area contributed by atoms with Gasteiger partial charge in [-0.1, -0.05) is 32.0 Å². The van der Waals surface area contributed by atoms with Gasteiger partial charge in [-0.05, 0) is 37.5 Å². The molecule has 2 aromatic rings. The summed E-state index contributed by atoms with van der Waals surface area (Å²) >= 11 is 1.59. The van der Waals surface area contributed by atoms with Gasteiger partial charge in [-0.25, -0.2) is 18.4 Å². The van der Waals surface area contributed by atoms with Crippen LogP contribution in [0.3, 0.4) is 0 Å². The van der Waals surface area contributed by atoms with E-state index >= 15 is 0 Å². The number of nitrogens with one attached hydrogen (secondary N) is 1. The molecule has 180 valence electrons. The molecule has 8 nitrogen and oxygen atoms in total. The van der Waals surface area contributed by atoms with Crippen LogP contribution in [0.4, 0.5) is 5.82 Å². The van der Waals surface area contributed by atoms with E-state index in [0.29, 0.717) is 38.4 Å². The van der Waals surface area contributed by atoms with E-state index in [2.05, 4.69) is 28.5 Å². The second-order valence-electron chi connectivity index (χ2n) is 8.46. The van der Waals surface area contributed by atoms with Crippen LogP contribution in [0.5, 0.6) is 0 Å². The molecule has 0 saturated carbocycles. The van der Waals surface area contributed by atoms with Crippen molar-refractivity contribution in [3.05, 3.63) is 47.9 Å². The lowest BCUT2D eigenvalue weighted by Gasteiger charge is -2.37. The number of anilines is 1. The molecule has 33 heavy (non-hydrogen) atoms. The first-order valence-corrected chi connectivity index (χ1v) is 14.0. The van der Waals surface area contributed by atoms with Gasteiger partial charge in [0.25, 0.3) is 0 Å². The van der Waals surface area contributed by atoms with Crippen molar-refractivity contribution < 1.29 is 13.2 Å². The first-order chi connectivity index (χ1) is 15.7. The highest BCUT2D eigenvalue weighted by molar-refractivity contribution is 7.98. The predicted octanol–water partition coefficient (Wildman–Crippen LogP) is 2.66. The molecule has 1 unspecified atom stereocenters. The van der Waals surface area contributed by atoms with Gasteiger partial charge >= 0.3 is 0 Å². The van der Waals surface area contributed by atoms with E-state index in [1.807, 2.05) is 19.2 Å². The summed E-state index contributed by atoms with van der Waals surface area (Å²) < 4.78 is 28.3. The summed E-state index contributed by atoms with van der Waals surface area (Å²) in [6.45, 7) is 8.41. The number of nitrogens with zero attached hydrogens (tertiary/aromatic N) is 4. The number of sulfonamides is 1. The number of aryl methyl sites for hydroxylation is 1. The van der Waals surface area contributed by atoms with Gasteiger partial charge in [0.1, 0.15) is 17.7 Å². The molecule has 1 amide bonds. The normalized spacial score (nSPS) is 15.7. The van der Waals surface area contributed by atoms with Crippen molar-refractivity contribution in [3.8, 4) is 0 Å². The first kappa shape index (κ1) is 25.5. The molecule has 0 aliphatic carbocycles. The highest BCUT2D eigenvalue weighted by Gasteiger charge is 2.31. The molecular formula is C23H33N5O3S2. The summed E-state index contributed by atoms with van der Waals surface area (Å²) in [6, 6.07) is 9.36. The Kier molecular flexibility index (Phi) is 8.72. The largest absolute Gasteiger partial charge is 0.353 e. The number of benzene rings is 1. The van der Waals surface area contributed by atoms with Gasteiger partial charge in [0, 0.05) is 43.9 Å². The van der Waals surface area contributed by atoms with Gasteiger partial charge in [0.05, 0.1) is 4.90 Å². The summed E-state index contributed by atoms with van der Waals surface area (Å²) in [5.74, 6) is 2.44. The lowest BCUT2D eigenvalue weighted by atomic mass is 10.2. The molecule has 0 spiro atoms.